The highest BCUT2D eigenvalue weighted by molar-refractivity contribution is 6.09. The van der Waals surface area contributed by atoms with Crippen molar-refractivity contribution in [1.82, 2.24) is 20.2 Å². The van der Waals surface area contributed by atoms with Gasteiger partial charge in [-0.25, -0.2) is 13.8 Å². The molecule has 0 bridgehead atoms. The molecule has 10 heteroatoms. The minimum absolute atomic E-state index is 0.0460. The summed E-state index contributed by atoms with van der Waals surface area (Å²) in [7, 11) is 0. The number of nitrogens with zero attached hydrogens (tertiary/aromatic N) is 4. The van der Waals surface area contributed by atoms with E-state index >= 15 is 0 Å². The molecular weight excluding hydrogens is 394 g/mol. The largest absolute Gasteiger partial charge is 0.393 e. The van der Waals surface area contributed by atoms with Gasteiger partial charge in [0.15, 0.2) is 0 Å². The van der Waals surface area contributed by atoms with E-state index in [2.05, 4.69) is 25.5 Å². The fourth-order valence-corrected chi connectivity index (χ4v) is 5.01. The number of rotatable bonds is 4. The molecule has 6 rings (SSSR count). The van der Waals surface area contributed by atoms with Crippen molar-refractivity contribution in [3.63, 3.8) is 0 Å². The molecule has 1 amide bonds. The maximum absolute atomic E-state index is 13.5. The number of amides is 1. The van der Waals surface area contributed by atoms with Crippen LogP contribution in [0.15, 0.2) is 12.4 Å². The van der Waals surface area contributed by atoms with Crippen LogP contribution in [-0.4, -0.2) is 49.2 Å². The van der Waals surface area contributed by atoms with Gasteiger partial charge < -0.3 is 10.4 Å². The van der Waals surface area contributed by atoms with Crippen LogP contribution in [0.5, 0.6) is 0 Å². The number of H-pyrrole nitrogens is 1. The van der Waals surface area contributed by atoms with E-state index < -0.39 is 23.4 Å². The smallest absolute Gasteiger partial charge is 0.257 e. The summed E-state index contributed by atoms with van der Waals surface area (Å²) in [4.78, 5) is 24.0. The number of carbonyl (C=O) groups is 1. The Bertz CT molecular complexity index is 1040. The Balaban J connectivity index is 1.33. The van der Waals surface area contributed by atoms with Crippen LogP contribution in [-0.2, 0) is 10.2 Å². The molecule has 0 aromatic carbocycles. The highest BCUT2D eigenvalue weighted by Gasteiger charge is 2.62. The number of hydrogen-bond donors (Lipinski definition) is 3. The molecule has 0 radical (unpaired) electrons. The lowest BCUT2D eigenvalue weighted by Gasteiger charge is -2.33. The molecule has 4 aliphatic rings. The predicted octanol–water partition coefficient (Wildman–Crippen LogP) is 2.75. The molecule has 8 nitrogen and oxygen atoms in total. The number of carbonyl (C=O) groups excluding carboxylic acids is 1. The lowest BCUT2D eigenvalue weighted by molar-refractivity contribution is -0.121. The maximum atomic E-state index is 13.5. The summed E-state index contributed by atoms with van der Waals surface area (Å²) in [5.41, 5.74) is 1.00. The molecule has 3 fully saturated rings. The normalized spacial score (nSPS) is 30.4. The third-order valence-corrected chi connectivity index (χ3v) is 6.95. The van der Waals surface area contributed by atoms with Gasteiger partial charge in [-0.3, -0.25) is 14.8 Å². The van der Waals surface area contributed by atoms with Crippen LogP contribution in [0.3, 0.4) is 0 Å². The van der Waals surface area contributed by atoms with Crippen molar-refractivity contribution >= 4 is 23.4 Å². The fourth-order valence-electron chi connectivity index (χ4n) is 5.01. The highest BCUT2D eigenvalue weighted by Crippen LogP contribution is 2.58. The zero-order valence-electron chi connectivity index (χ0n) is 16.2. The SMILES string of the molecule is O=C1N([C@@H]2CCC[C@@H](O)C2)c2nc(Nc3c[nH]nc3[C@@H]3CC3(F)F)ncc2C12CC2. The first-order valence-corrected chi connectivity index (χ1v) is 10.5. The van der Waals surface area contributed by atoms with Gasteiger partial charge in [-0.2, -0.15) is 10.1 Å². The molecule has 158 valence electrons. The second-order valence-electron chi connectivity index (χ2n) is 8.99. The van der Waals surface area contributed by atoms with Crippen LogP contribution in [0.4, 0.5) is 26.2 Å². The number of nitrogens with one attached hydrogen (secondary N) is 2. The van der Waals surface area contributed by atoms with Crippen molar-refractivity contribution in [2.24, 2.45) is 0 Å². The number of anilines is 3. The number of alkyl halides is 2. The maximum Gasteiger partial charge on any atom is 0.257 e. The van der Waals surface area contributed by atoms with Crippen LogP contribution in [0.25, 0.3) is 0 Å². The molecule has 3 heterocycles. The molecule has 3 aliphatic carbocycles. The van der Waals surface area contributed by atoms with E-state index in [-0.39, 0.29) is 30.0 Å². The molecule has 3 saturated carbocycles. The first-order valence-electron chi connectivity index (χ1n) is 10.5. The van der Waals surface area contributed by atoms with Gasteiger partial charge in [-0.05, 0) is 38.5 Å². The van der Waals surface area contributed by atoms with E-state index in [1.165, 1.54) is 6.20 Å². The van der Waals surface area contributed by atoms with E-state index in [4.69, 9.17) is 0 Å². The number of aromatic nitrogens is 4. The van der Waals surface area contributed by atoms with E-state index in [1.54, 1.807) is 11.1 Å². The monoisotopic (exact) mass is 416 g/mol. The summed E-state index contributed by atoms with van der Waals surface area (Å²) < 4.78 is 27.0. The van der Waals surface area contributed by atoms with Crippen LogP contribution in [0.2, 0.25) is 0 Å². The van der Waals surface area contributed by atoms with Crippen molar-refractivity contribution in [2.75, 3.05) is 10.2 Å². The summed E-state index contributed by atoms with van der Waals surface area (Å²) in [6, 6.07) is -0.0858. The summed E-state index contributed by atoms with van der Waals surface area (Å²) in [6.45, 7) is 0. The molecule has 2 aromatic heterocycles. The minimum Gasteiger partial charge on any atom is -0.393 e. The van der Waals surface area contributed by atoms with Gasteiger partial charge in [0, 0.05) is 30.4 Å². The van der Waals surface area contributed by atoms with Crippen LogP contribution in [0.1, 0.15) is 62.1 Å². The quantitative estimate of drug-likeness (QED) is 0.708. The van der Waals surface area contributed by atoms with Gasteiger partial charge in [0.25, 0.3) is 5.92 Å². The van der Waals surface area contributed by atoms with Gasteiger partial charge >= 0.3 is 0 Å². The Hall–Kier alpha value is -2.62. The molecule has 3 atom stereocenters. The van der Waals surface area contributed by atoms with Crippen LogP contribution in [0, 0.1) is 0 Å². The molecule has 3 N–H and O–H groups in total. The van der Waals surface area contributed by atoms with Crippen molar-refractivity contribution < 1.29 is 18.7 Å². The van der Waals surface area contributed by atoms with Gasteiger partial charge in [0.05, 0.1) is 28.8 Å². The Labute approximate surface area is 171 Å². The van der Waals surface area contributed by atoms with Gasteiger partial charge in [-0.15, -0.1) is 0 Å². The van der Waals surface area contributed by atoms with Gasteiger partial charge in [0.1, 0.15) is 5.82 Å². The average molecular weight is 416 g/mol. The van der Waals surface area contributed by atoms with Gasteiger partial charge in [-0.1, -0.05) is 0 Å². The number of halogens is 2. The predicted molar refractivity (Wildman–Crippen MR) is 103 cm³/mol. The first kappa shape index (κ1) is 18.2. The third-order valence-electron chi connectivity index (χ3n) is 6.95. The minimum atomic E-state index is -2.73. The highest BCUT2D eigenvalue weighted by atomic mass is 19.3. The number of aliphatic hydroxyl groups excluding tert-OH is 1. The summed E-state index contributed by atoms with van der Waals surface area (Å²) >= 11 is 0. The lowest BCUT2D eigenvalue weighted by Crippen LogP contribution is -2.44. The molecule has 2 aromatic rings. The van der Waals surface area contributed by atoms with Crippen LogP contribution >= 0.6 is 0 Å². The van der Waals surface area contributed by atoms with E-state index in [9.17, 15) is 18.7 Å². The Kier molecular flexibility index (Phi) is 3.61. The van der Waals surface area contributed by atoms with Crippen molar-refractivity contribution in [3.05, 3.63) is 23.7 Å². The first-order chi connectivity index (χ1) is 14.4. The zero-order chi connectivity index (χ0) is 20.7. The number of fused-ring (bicyclic) bond motifs is 2. The van der Waals surface area contributed by atoms with Crippen molar-refractivity contribution in [3.8, 4) is 0 Å². The Morgan fingerprint density at radius 3 is 2.80 bits per heavy atom. The number of aliphatic hydroxyl groups is 1. The lowest BCUT2D eigenvalue weighted by atomic mass is 9.92. The van der Waals surface area contributed by atoms with E-state index in [0.29, 0.717) is 17.9 Å². The topological polar surface area (TPSA) is 107 Å². The zero-order valence-corrected chi connectivity index (χ0v) is 16.2. The molecular formula is C20H22F2N6O2. The summed E-state index contributed by atoms with van der Waals surface area (Å²) in [5, 5.41) is 19.7. The molecule has 1 aliphatic heterocycles. The number of hydrogen-bond acceptors (Lipinski definition) is 6. The Morgan fingerprint density at radius 2 is 2.10 bits per heavy atom. The Morgan fingerprint density at radius 1 is 1.30 bits per heavy atom. The molecule has 1 spiro atoms. The second kappa shape index (κ2) is 5.96. The number of aromatic amines is 1. The van der Waals surface area contributed by atoms with E-state index in [1.807, 2.05) is 0 Å². The summed E-state index contributed by atoms with van der Waals surface area (Å²) in [5.74, 6) is -2.77. The van der Waals surface area contributed by atoms with E-state index in [0.717, 1.165) is 37.7 Å². The van der Waals surface area contributed by atoms with Crippen molar-refractivity contribution in [2.45, 2.75) is 74.3 Å². The second-order valence-corrected chi connectivity index (χ2v) is 8.99. The van der Waals surface area contributed by atoms with Gasteiger partial charge in [0.2, 0.25) is 11.9 Å². The average Bonchev–Trinajstić information content (AvgIpc) is 3.55. The standard InChI is InChI=1S/C20H22F2N6O2/c21-20(22)7-12(20)15-14(9-24-27-15)25-18-23-8-13-16(26-18)28(17(30)19(13)4-5-19)10-2-1-3-11(29)6-10/h8-12,29H,1-7H2,(H,24,27)(H,23,25,26)/t10-,11-,12+/m1/s1. The van der Waals surface area contributed by atoms with Crippen LogP contribution < -0.4 is 10.2 Å². The molecule has 30 heavy (non-hydrogen) atoms. The van der Waals surface area contributed by atoms with Crippen molar-refractivity contribution in [1.29, 1.82) is 0 Å². The molecule has 0 unspecified atom stereocenters. The molecule has 0 saturated heterocycles. The fraction of sp³-hybridized carbons (Fsp3) is 0.600. The summed E-state index contributed by atoms with van der Waals surface area (Å²) in [6.07, 6.45) is 7.11. The third kappa shape index (κ3) is 2.59.